The van der Waals surface area contributed by atoms with Crippen molar-refractivity contribution in [3.63, 3.8) is 0 Å². The average Bonchev–Trinajstić information content (AvgIpc) is 2.74. The Hall–Kier alpha value is -1.97. The highest BCUT2D eigenvalue weighted by Gasteiger charge is 2.03. The third kappa shape index (κ3) is 2.83. The molecule has 0 radical (unpaired) electrons. The van der Waals surface area contributed by atoms with Gasteiger partial charge < -0.3 is 15.0 Å². The van der Waals surface area contributed by atoms with Crippen molar-refractivity contribution in [1.82, 2.24) is 9.97 Å². The van der Waals surface area contributed by atoms with Crippen molar-refractivity contribution in [3.8, 4) is 5.75 Å². The zero-order valence-corrected chi connectivity index (χ0v) is 11.1. The fourth-order valence-corrected chi connectivity index (χ4v) is 1.84. The van der Waals surface area contributed by atoms with E-state index < -0.39 is 0 Å². The van der Waals surface area contributed by atoms with Gasteiger partial charge in [-0.05, 0) is 44.5 Å². The Labute approximate surface area is 107 Å². The van der Waals surface area contributed by atoms with Gasteiger partial charge in [-0.2, -0.15) is 0 Å². The van der Waals surface area contributed by atoms with Crippen molar-refractivity contribution >= 4 is 5.69 Å². The standard InChI is InChI=1S/C14H19N3O/c1-4-18-12-5-6-13(10(2)7-12)15-8-14-11(3)16-9-17-14/h5-7,9,15H,4,8H2,1-3H3,(H,16,17). The summed E-state index contributed by atoms with van der Waals surface area (Å²) in [5, 5.41) is 3.39. The molecule has 0 atom stereocenters. The van der Waals surface area contributed by atoms with E-state index >= 15 is 0 Å². The summed E-state index contributed by atoms with van der Waals surface area (Å²) in [6.45, 7) is 7.50. The van der Waals surface area contributed by atoms with Crippen LogP contribution in [0.3, 0.4) is 0 Å². The quantitative estimate of drug-likeness (QED) is 0.851. The Morgan fingerprint density at radius 1 is 1.33 bits per heavy atom. The zero-order chi connectivity index (χ0) is 13.0. The second-order valence-electron chi connectivity index (χ2n) is 4.24. The van der Waals surface area contributed by atoms with Crippen LogP contribution in [0.15, 0.2) is 24.5 Å². The highest BCUT2D eigenvalue weighted by Crippen LogP contribution is 2.21. The predicted molar refractivity (Wildman–Crippen MR) is 73.0 cm³/mol. The lowest BCUT2D eigenvalue weighted by Gasteiger charge is -2.11. The molecule has 0 aliphatic carbocycles. The summed E-state index contributed by atoms with van der Waals surface area (Å²) >= 11 is 0. The number of ether oxygens (including phenoxy) is 1. The first-order valence-corrected chi connectivity index (χ1v) is 6.17. The second-order valence-corrected chi connectivity index (χ2v) is 4.24. The van der Waals surface area contributed by atoms with Crippen LogP contribution >= 0.6 is 0 Å². The minimum absolute atomic E-state index is 0.693. The maximum absolute atomic E-state index is 5.47. The van der Waals surface area contributed by atoms with Crippen LogP contribution < -0.4 is 10.1 Å². The molecule has 0 aliphatic heterocycles. The number of H-pyrrole nitrogens is 1. The molecule has 0 saturated heterocycles. The molecule has 2 rings (SSSR count). The third-order valence-electron chi connectivity index (χ3n) is 2.89. The third-order valence-corrected chi connectivity index (χ3v) is 2.89. The largest absolute Gasteiger partial charge is 0.494 e. The highest BCUT2D eigenvalue weighted by atomic mass is 16.5. The minimum atomic E-state index is 0.693. The Morgan fingerprint density at radius 2 is 2.17 bits per heavy atom. The average molecular weight is 245 g/mol. The van der Waals surface area contributed by atoms with Gasteiger partial charge in [0.15, 0.2) is 0 Å². The van der Waals surface area contributed by atoms with E-state index in [0.717, 1.165) is 29.4 Å². The van der Waals surface area contributed by atoms with Crippen molar-refractivity contribution < 1.29 is 4.74 Å². The SMILES string of the molecule is CCOc1ccc(NCc2nc[nH]c2C)c(C)c1. The number of aryl methyl sites for hydroxylation is 2. The van der Waals surface area contributed by atoms with Crippen molar-refractivity contribution in [2.45, 2.75) is 27.3 Å². The monoisotopic (exact) mass is 245 g/mol. The lowest BCUT2D eigenvalue weighted by atomic mass is 10.2. The summed E-state index contributed by atoms with van der Waals surface area (Å²) in [6, 6.07) is 6.07. The Balaban J connectivity index is 2.03. The molecule has 0 aliphatic rings. The first kappa shape index (κ1) is 12.5. The molecule has 1 heterocycles. The molecule has 1 aromatic carbocycles. The molecule has 0 amide bonds. The summed E-state index contributed by atoms with van der Waals surface area (Å²) in [5.41, 5.74) is 4.43. The van der Waals surface area contributed by atoms with Gasteiger partial charge in [0, 0.05) is 11.4 Å². The van der Waals surface area contributed by atoms with Gasteiger partial charge in [0.2, 0.25) is 0 Å². The van der Waals surface area contributed by atoms with Crippen LogP contribution in [-0.4, -0.2) is 16.6 Å². The fourth-order valence-electron chi connectivity index (χ4n) is 1.84. The van der Waals surface area contributed by atoms with Gasteiger partial charge in [0.1, 0.15) is 5.75 Å². The smallest absolute Gasteiger partial charge is 0.119 e. The van der Waals surface area contributed by atoms with Gasteiger partial charge in [-0.15, -0.1) is 0 Å². The van der Waals surface area contributed by atoms with E-state index in [-0.39, 0.29) is 0 Å². The molecule has 1 aromatic heterocycles. The normalized spacial score (nSPS) is 10.4. The number of aromatic amines is 1. The van der Waals surface area contributed by atoms with E-state index in [1.807, 2.05) is 32.0 Å². The Bertz CT molecular complexity index is 520. The molecule has 4 nitrogen and oxygen atoms in total. The summed E-state index contributed by atoms with van der Waals surface area (Å²) in [6.07, 6.45) is 1.72. The van der Waals surface area contributed by atoms with Crippen molar-refractivity contribution in [2.75, 3.05) is 11.9 Å². The van der Waals surface area contributed by atoms with E-state index in [0.29, 0.717) is 6.61 Å². The van der Waals surface area contributed by atoms with E-state index in [2.05, 4.69) is 22.2 Å². The van der Waals surface area contributed by atoms with Gasteiger partial charge in [0.05, 0.1) is 25.2 Å². The summed E-state index contributed by atoms with van der Waals surface area (Å²) in [5.74, 6) is 0.913. The van der Waals surface area contributed by atoms with Gasteiger partial charge in [-0.1, -0.05) is 0 Å². The van der Waals surface area contributed by atoms with E-state index in [4.69, 9.17) is 4.74 Å². The number of rotatable bonds is 5. The lowest BCUT2D eigenvalue weighted by molar-refractivity contribution is 0.340. The van der Waals surface area contributed by atoms with Crippen molar-refractivity contribution in [3.05, 3.63) is 41.5 Å². The summed E-state index contributed by atoms with van der Waals surface area (Å²) in [7, 11) is 0. The second kappa shape index (κ2) is 5.58. The molecule has 2 aromatic rings. The molecule has 18 heavy (non-hydrogen) atoms. The molecule has 0 unspecified atom stereocenters. The Morgan fingerprint density at radius 3 is 2.78 bits per heavy atom. The number of benzene rings is 1. The van der Waals surface area contributed by atoms with E-state index in [1.165, 1.54) is 5.56 Å². The van der Waals surface area contributed by atoms with Gasteiger partial charge in [-0.25, -0.2) is 4.98 Å². The van der Waals surface area contributed by atoms with Crippen LogP contribution in [0.25, 0.3) is 0 Å². The number of nitrogens with zero attached hydrogens (tertiary/aromatic N) is 1. The topological polar surface area (TPSA) is 49.9 Å². The number of anilines is 1. The van der Waals surface area contributed by atoms with E-state index in [9.17, 15) is 0 Å². The predicted octanol–water partition coefficient (Wildman–Crippen LogP) is 3.04. The van der Waals surface area contributed by atoms with E-state index in [1.54, 1.807) is 6.33 Å². The van der Waals surface area contributed by atoms with Crippen LogP contribution in [0.2, 0.25) is 0 Å². The summed E-state index contributed by atoms with van der Waals surface area (Å²) < 4.78 is 5.47. The van der Waals surface area contributed by atoms with Crippen LogP contribution in [-0.2, 0) is 6.54 Å². The highest BCUT2D eigenvalue weighted by molar-refractivity contribution is 5.53. The van der Waals surface area contributed by atoms with Crippen molar-refractivity contribution in [1.29, 1.82) is 0 Å². The van der Waals surface area contributed by atoms with Crippen molar-refractivity contribution in [2.24, 2.45) is 0 Å². The summed E-state index contributed by atoms with van der Waals surface area (Å²) in [4.78, 5) is 7.34. The maximum Gasteiger partial charge on any atom is 0.119 e. The van der Waals surface area contributed by atoms with Gasteiger partial charge >= 0.3 is 0 Å². The van der Waals surface area contributed by atoms with Gasteiger partial charge in [-0.3, -0.25) is 0 Å². The number of nitrogens with one attached hydrogen (secondary N) is 2. The molecular weight excluding hydrogens is 226 g/mol. The molecule has 96 valence electrons. The fraction of sp³-hybridized carbons (Fsp3) is 0.357. The van der Waals surface area contributed by atoms with Gasteiger partial charge in [0.25, 0.3) is 0 Å². The number of imidazole rings is 1. The number of hydrogen-bond donors (Lipinski definition) is 2. The van der Waals surface area contributed by atoms with Crippen LogP contribution in [0.5, 0.6) is 5.75 Å². The lowest BCUT2D eigenvalue weighted by Crippen LogP contribution is -2.03. The first-order valence-electron chi connectivity index (χ1n) is 6.17. The Kier molecular flexibility index (Phi) is 3.87. The maximum atomic E-state index is 5.47. The molecule has 0 fully saturated rings. The first-order chi connectivity index (χ1) is 8.70. The molecule has 0 bridgehead atoms. The number of hydrogen-bond acceptors (Lipinski definition) is 3. The molecule has 0 saturated carbocycles. The molecule has 0 spiro atoms. The zero-order valence-electron chi connectivity index (χ0n) is 11.1. The molecule has 4 heteroatoms. The molecular formula is C14H19N3O. The van der Waals surface area contributed by atoms with Crippen LogP contribution in [0.1, 0.15) is 23.9 Å². The van der Waals surface area contributed by atoms with Crippen LogP contribution in [0, 0.1) is 13.8 Å². The number of aromatic nitrogens is 2. The van der Waals surface area contributed by atoms with Crippen LogP contribution in [0.4, 0.5) is 5.69 Å². The molecule has 2 N–H and O–H groups in total. The minimum Gasteiger partial charge on any atom is -0.494 e.